The zero-order valence-corrected chi connectivity index (χ0v) is 15.3. The van der Waals surface area contributed by atoms with Crippen molar-refractivity contribution < 1.29 is 5.11 Å². The summed E-state index contributed by atoms with van der Waals surface area (Å²) >= 11 is 1.13. The number of rotatable bonds is 5. The molecule has 6 heteroatoms. The molecule has 0 radical (unpaired) electrons. The highest BCUT2D eigenvalue weighted by atomic mass is 32.1. The van der Waals surface area contributed by atoms with E-state index < -0.39 is 0 Å². The lowest BCUT2D eigenvalue weighted by molar-refractivity contribution is 0.458. The number of aromatic nitrogens is 1. The van der Waals surface area contributed by atoms with Gasteiger partial charge in [0.2, 0.25) is 5.88 Å². The van der Waals surface area contributed by atoms with Gasteiger partial charge in [0, 0.05) is 12.2 Å². The highest BCUT2D eigenvalue weighted by molar-refractivity contribution is 7.11. The van der Waals surface area contributed by atoms with Gasteiger partial charge in [0.05, 0.1) is 0 Å². The van der Waals surface area contributed by atoms with Gasteiger partial charge in [-0.2, -0.15) is 4.37 Å². The van der Waals surface area contributed by atoms with Gasteiger partial charge >= 0.3 is 0 Å². The van der Waals surface area contributed by atoms with Crippen molar-refractivity contribution in [1.29, 1.82) is 5.41 Å². The minimum Gasteiger partial charge on any atom is -0.492 e. The Bertz CT molecular complexity index is 1090. The smallest absolute Gasteiger partial charge is 0.236 e. The predicted molar refractivity (Wildman–Crippen MR) is 111 cm³/mol. The summed E-state index contributed by atoms with van der Waals surface area (Å²) in [5.41, 5.74) is 2.35. The lowest BCUT2D eigenvalue weighted by Gasteiger charge is -2.12. The molecule has 3 aromatic carbocycles. The summed E-state index contributed by atoms with van der Waals surface area (Å²) in [4.78, 5) is 0. The first kappa shape index (κ1) is 17.1. The molecule has 0 bridgehead atoms. The fourth-order valence-corrected chi connectivity index (χ4v) is 3.68. The van der Waals surface area contributed by atoms with Crippen molar-refractivity contribution in [2.75, 3.05) is 5.32 Å². The zero-order chi connectivity index (χ0) is 18.6. The Labute approximate surface area is 161 Å². The van der Waals surface area contributed by atoms with Crippen molar-refractivity contribution >= 4 is 38.8 Å². The van der Waals surface area contributed by atoms with E-state index in [0.717, 1.165) is 33.6 Å². The van der Waals surface area contributed by atoms with E-state index >= 15 is 0 Å². The van der Waals surface area contributed by atoms with E-state index in [2.05, 4.69) is 33.2 Å². The fourth-order valence-electron chi connectivity index (χ4n) is 2.96. The van der Waals surface area contributed by atoms with Crippen LogP contribution in [0.15, 0.2) is 72.8 Å². The van der Waals surface area contributed by atoms with Crippen LogP contribution >= 0.6 is 11.5 Å². The third kappa shape index (κ3) is 3.61. The van der Waals surface area contributed by atoms with Crippen molar-refractivity contribution in [2.45, 2.75) is 6.54 Å². The Hall–Kier alpha value is -3.38. The van der Waals surface area contributed by atoms with Gasteiger partial charge in [-0.1, -0.05) is 60.7 Å². The SMILES string of the molecule is N=C(NCc1cccc2ccccc12)c1c(O)nsc1Nc1ccccc1. The number of amidine groups is 1. The average Bonchev–Trinajstić information content (AvgIpc) is 3.07. The number of hydrogen-bond donors (Lipinski definition) is 4. The molecular formula is C21H18N4OS. The van der Waals surface area contributed by atoms with Gasteiger partial charge in [0.15, 0.2) is 0 Å². The van der Waals surface area contributed by atoms with E-state index in [1.54, 1.807) is 0 Å². The molecule has 0 aliphatic rings. The quantitative estimate of drug-likeness (QED) is 0.297. The molecule has 1 aromatic heterocycles. The summed E-state index contributed by atoms with van der Waals surface area (Å²) in [6, 6.07) is 23.9. The molecule has 0 amide bonds. The molecule has 4 rings (SSSR count). The fraction of sp³-hybridized carbons (Fsp3) is 0.0476. The van der Waals surface area contributed by atoms with Gasteiger partial charge in [0.25, 0.3) is 0 Å². The molecule has 0 atom stereocenters. The summed E-state index contributed by atoms with van der Waals surface area (Å²) in [5, 5.41) is 27.8. The number of hydrogen-bond acceptors (Lipinski definition) is 5. The Morgan fingerprint density at radius 3 is 2.56 bits per heavy atom. The number of aromatic hydroxyl groups is 1. The van der Waals surface area contributed by atoms with E-state index in [4.69, 9.17) is 5.41 Å². The Balaban J connectivity index is 1.54. The Morgan fingerprint density at radius 1 is 0.963 bits per heavy atom. The molecule has 0 saturated carbocycles. The maximum absolute atomic E-state index is 10.1. The molecule has 4 N–H and O–H groups in total. The Morgan fingerprint density at radius 2 is 1.70 bits per heavy atom. The highest BCUT2D eigenvalue weighted by Crippen LogP contribution is 2.32. The second-order valence-corrected chi connectivity index (χ2v) is 6.84. The van der Waals surface area contributed by atoms with Crippen LogP contribution in [0, 0.1) is 5.41 Å². The second-order valence-electron chi connectivity index (χ2n) is 6.07. The van der Waals surface area contributed by atoms with E-state index in [0.29, 0.717) is 17.1 Å². The normalized spacial score (nSPS) is 10.7. The maximum atomic E-state index is 10.1. The molecular weight excluding hydrogens is 356 g/mol. The summed E-state index contributed by atoms with van der Waals surface area (Å²) in [6.45, 7) is 0.486. The van der Waals surface area contributed by atoms with Crippen LogP contribution in [0.3, 0.4) is 0 Å². The molecule has 0 unspecified atom stereocenters. The van der Waals surface area contributed by atoms with Crippen LogP contribution in [0.25, 0.3) is 10.8 Å². The molecule has 0 spiro atoms. The predicted octanol–water partition coefficient (Wildman–Crippen LogP) is 4.86. The van der Waals surface area contributed by atoms with Crippen LogP contribution in [0.4, 0.5) is 10.7 Å². The van der Waals surface area contributed by atoms with E-state index in [-0.39, 0.29) is 11.7 Å². The van der Waals surface area contributed by atoms with Crippen molar-refractivity contribution in [3.63, 3.8) is 0 Å². The van der Waals surface area contributed by atoms with Crippen molar-refractivity contribution in [3.8, 4) is 5.88 Å². The molecule has 4 aromatic rings. The summed E-state index contributed by atoms with van der Waals surface area (Å²) in [7, 11) is 0. The third-order valence-electron chi connectivity index (χ3n) is 4.29. The Kier molecular flexibility index (Phi) is 4.72. The zero-order valence-electron chi connectivity index (χ0n) is 14.4. The summed E-state index contributed by atoms with van der Waals surface area (Å²) < 4.78 is 3.99. The lowest BCUT2D eigenvalue weighted by atomic mass is 10.0. The van der Waals surface area contributed by atoms with Crippen molar-refractivity contribution in [1.82, 2.24) is 9.69 Å². The largest absolute Gasteiger partial charge is 0.492 e. The first-order chi connectivity index (χ1) is 13.2. The average molecular weight is 374 g/mol. The van der Waals surface area contributed by atoms with Gasteiger partial charge in [-0.05, 0) is 40.0 Å². The van der Waals surface area contributed by atoms with Crippen LogP contribution in [0.1, 0.15) is 11.1 Å². The molecule has 0 fully saturated rings. The van der Waals surface area contributed by atoms with Crippen LogP contribution in [0.2, 0.25) is 0 Å². The minimum atomic E-state index is -0.145. The topological polar surface area (TPSA) is 81.0 Å². The molecule has 0 aliphatic heterocycles. The van der Waals surface area contributed by atoms with E-state index in [9.17, 15) is 5.11 Å². The number of nitrogens with zero attached hydrogens (tertiary/aromatic N) is 1. The van der Waals surface area contributed by atoms with Crippen molar-refractivity contribution in [2.24, 2.45) is 0 Å². The number of benzene rings is 3. The standard InChI is InChI=1S/C21H18N4OS/c22-19(23-13-15-9-6-8-14-7-4-5-12-17(14)15)18-20(26)25-27-21(18)24-16-10-2-1-3-11-16/h1-12,24H,13H2,(H2,22,23)(H,25,26). The molecule has 134 valence electrons. The van der Waals surface area contributed by atoms with Gasteiger partial charge in [-0.25, -0.2) is 0 Å². The van der Waals surface area contributed by atoms with E-state index in [1.165, 1.54) is 0 Å². The van der Waals surface area contributed by atoms with Gasteiger partial charge < -0.3 is 15.7 Å². The van der Waals surface area contributed by atoms with E-state index in [1.807, 2.05) is 54.6 Å². The number of fused-ring (bicyclic) bond motifs is 1. The molecule has 27 heavy (non-hydrogen) atoms. The van der Waals surface area contributed by atoms with Crippen LogP contribution < -0.4 is 10.6 Å². The first-order valence-electron chi connectivity index (χ1n) is 8.52. The molecule has 0 aliphatic carbocycles. The molecule has 1 heterocycles. The number of para-hydroxylation sites is 1. The highest BCUT2D eigenvalue weighted by Gasteiger charge is 2.18. The molecule has 0 saturated heterocycles. The maximum Gasteiger partial charge on any atom is 0.236 e. The second kappa shape index (κ2) is 7.47. The minimum absolute atomic E-state index is 0.132. The van der Waals surface area contributed by atoms with Crippen LogP contribution in [0.5, 0.6) is 5.88 Å². The lowest BCUT2D eigenvalue weighted by Crippen LogP contribution is -2.23. The summed E-state index contributed by atoms with van der Waals surface area (Å²) in [6.07, 6.45) is 0. The number of nitrogens with one attached hydrogen (secondary N) is 3. The van der Waals surface area contributed by atoms with Gasteiger partial charge in [-0.15, -0.1) is 0 Å². The monoisotopic (exact) mass is 374 g/mol. The number of anilines is 2. The molecule has 5 nitrogen and oxygen atoms in total. The van der Waals surface area contributed by atoms with Crippen molar-refractivity contribution in [3.05, 3.63) is 83.9 Å². The van der Waals surface area contributed by atoms with Crippen LogP contribution in [-0.4, -0.2) is 15.3 Å². The summed E-state index contributed by atoms with van der Waals surface area (Å²) in [5.74, 6) is -0.0125. The third-order valence-corrected chi connectivity index (χ3v) is 5.04. The van der Waals surface area contributed by atoms with Gasteiger partial charge in [0.1, 0.15) is 16.4 Å². The first-order valence-corrected chi connectivity index (χ1v) is 9.30. The van der Waals surface area contributed by atoms with Gasteiger partial charge in [-0.3, -0.25) is 5.41 Å². The van der Waals surface area contributed by atoms with Crippen LogP contribution in [-0.2, 0) is 6.54 Å².